The van der Waals surface area contributed by atoms with E-state index in [1.54, 1.807) is 6.08 Å². The number of ether oxygens (including phenoxy) is 1. The van der Waals surface area contributed by atoms with Gasteiger partial charge in [-0.05, 0) is 55.1 Å². The van der Waals surface area contributed by atoms with E-state index in [2.05, 4.69) is 10.3 Å². The summed E-state index contributed by atoms with van der Waals surface area (Å²) in [6.45, 7) is 2.56. The highest BCUT2D eigenvalue weighted by Crippen LogP contribution is 2.30. The van der Waals surface area contributed by atoms with Crippen LogP contribution in [0.3, 0.4) is 0 Å². The average Bonchev–Trinajstić information content (AvgIpc) is 3.31. The van der Waals surface area contributed by atoms with Gasteiger partial charge in [-0.15, -0.1) is 0 Å². The summed E-state index contributed by atoms with van der Waals surface area (Å²) >= 11 is 1.29. The summed E-state index contributed by atoms with van der Waals surface area (Å²) in [7, 11) is 0. The largest absolute Gasteiger partial charge is 0.494 e. The van der Waals surface area contributed by atoms with Gasteiger partial charge in [0.15, 0.2) is 5.17 Å². The van der Waals surface area contributed by atoms with Crippen LogP contribution >= 0.6 is 11.8 Å². The number of rotatable bonds is 5. The number of hydrogen-bond donors (Lipinski definition) is 1. The van der Waals surface area contributed by atoms with E-state index in [9.17, 15) is 4.79 Å². The van der Waals surface area contributed by atoms with Gasteiger partial charge in [-0.2, -0.15) is 0 Å². The van der Waals surface area contributed by atoms with Crippen molar-refractivity contribution >= 4 is 34.6 Å². The lowest BCUT2D eigenvalue weighted by Crippen LogP contribution is -2.19. The van der Waals surface area contributed by atoms with Gasteiger partial charge in [0.05, 0.1) is 17.2 Å². The Bertz CT molecular complexity index is 1040. The normalized spacial score (nSPS) is 16.5. The molecule has 5 nitrogen and oxygen atoms in total. The summed E-state index contributed by atoms with van der Waals surface area (Å²) in [4.78, 5) is 17.3. The molecule has 4 rings (SSSR count). The van der Waals surface area contributed by atoms with Crippen molar-refractivity contribution in [3.05, 3.63) is 77.4 Å². The van der Waals surface area contributed by atoms with Gasteiger partial charge in [-0.3, -0.25) is 4.79 Å². The maximum Gasteiger partial charge on any atom is 0.264 e. The smallest absolute Gasteiger partial charge is 0.264 e. The van der Waals surface area contributed by atoms with Crippen LogP contribution in [0.2, 0.25) is 0 Å². The van der Waals surface area contributed by atoms with Crippen LogP contribution in [0.5, 0.6) is 5.75 Å². The zero-order valence-corrected chi connectivity index (χ0v) is 16.0. The lowest BCUT2D eigenvalue weighted by Gasteiger charge is -2.02. The van der Waals surface area contributed by atoms with E-state index >= 15 is 0 Å². The molecule has 2 heterocycles. The molecule has 0 bridgehead atoms. The molecule has 0 radical (unpaired) electrons. The van der Waals surface area contributed by atoms with Crippen molar-refractivity contribution in [3.63, 3.8) is 0 Å². The number of aliphatic imine (C=N–C) groups is 1. The van der Waals surface area contributed by atoms with E-state index in [1.807, 2.05) is 73.7 Å². The van der Waals surface area contributed by atoms with Crippen LogP contribution < -0.4 is 10.1 Å². The molecule has 1 aliphatic rings. The van der Waals surface area contributed by atoms with Gasteiger partial charge in [-0.1, -0.05) is 30.3 Å². The predicted octanol–water partition coefficient (Wildman–Crippen LogP) is 5.24. The van der Waals surface area contributed by atoms with Crippen LogP contribution in [0.15, 0.2) is 81.0 Å². The van der Waals surface area contributed by atoms with Gasteiger partial charge < -0.3 is 14.5 Å². The van der Waals surface area contributed by atoms with E-state index in [0.29, 0.717) is 22.4 Å². The van der Waals surface area contributed by atoms with Gasteiger partial charge >= 0.3 is 0 Å². The highest BCUT2D eigenvalue weighted by atomic mass is 32.2. The summed E-state index contributed by atoms with van der Waals surface area (Å²) in [5, 5.41) is 3.32. The molecule has 1 aromatic heterocycles. The molecule has 0 aliphatic carbocycles. The van der Waals surface area contributed by atoms with Crippen molar-refractivity contribution < 1.29 is 13.9 Å². The molecule has 140 valence electrons. The van der Waals surface area contributed by atoms with E-state index in [4.69, 9.17) is 9.15 Å². The van der Waals surface area contributed by atoms with Gasteiger partial charge in [0, 0.05) is 11.6 Å². The SMILES string of the molecule is CCOc1ccc(N=C2NC(=O)/C(=C\c3ccc(-c4ccccc4)o3)S2)cc1. The lowest BCUT2D eigenvalue weighted by molar-refractivity contribution is -0.115. The first-order valence-electron chi connectivity index (χ1n) is 8.89. The third-order valence-corrected chi connectivity index (χ3v) is 4.90. The summed E-state index contributed by atoms with van der Waals surface area (Å²) < 4.78 is 11.3. The van der Waals surface area contributed by atoms with Crippen LogP contribution in [-0.2, 0) is 4.79 Å². The minimum absolute atomic E-state index is 0.188. The molecule has 6 heteroatoms. The first-order chi connectivity index (χ1) is 13.7. The average molecular weight is 390 g/mol. The Kier molecular flexibility index (Phi) is 5.30. The standard InChI is InChI=1S/C22H18N2O3S/c1-2-26-17-10-8-16(9-11-17)23-22-24-21(25)20(28-22)14-18-12-13-19(27-18)15-6-4-3-5-7-15/h3-14H,2H2,1H3,(H,23,24,25)/b20-14+. The zero-order chi connectivity index (χ0) is 19.3. The number of hydrogen-bond acceptors (Lipinski definition) is 5. The van der Waals surface area contributed by atoms with Gasteiger partial charge in [0.1, 0.15) is 17.3 Å². The van der Waals surface area contributed by atoms with Crippen LogP contribution in [0.4, 0.5) is 5.69 Å². The topological polar surface area (TPSA) is 63.8 Å². The molecule has 3 aromatic rings. The Morgan fingerprint density at radius 2 is 1.86 bits per heavy atom. The molecule has 2 aromatic carbocycles. The molecule has 1 amide bonds. The second kappa shape index (κ2) is 8.19. The van der Waals surface area contributed by atoms with Crippen LogP contribution in [0.25, 0.3) is 17.4 Å². The van der Waals surface area contributed by atoms with E-state index in [1.165, 1.54) is 11.8 Å². The molecule has 1 aliphatic heterocycles. The van der Waals surface area contributed by atoms with E-state index in [-0.39, 0.29) is 5.91 Å². The Hall–Kier alpha value is -3.25. The number of thioether (sulfide) groups is 1. The summed E-state index contributed by atoms with van der Waals surface area (Å²) in [5.41, 5.74) is 1.74. The number of nitrogens with zero attached hydrogens (tertiary/aromatic N) is 1. The monoisotopic (exact) mass is 390 g/mol. The number of benzene rings is 2. The molecular weight excluding hydrogens is 372 g/mol. The van der Waals surface area contributed by atoms with Gasteiger partial charge in [0.25, 0.3) is 5.91 Å². The summed E-state index contributed by atoms with van der Waals surface area (Å²) in [6.07, 6.45) is 1.73. The molecule has 1 fully saturated rings. The number of furan rings is 1. The molecular formula is C22H18N2O3S. The number of carbonyl (C=O) groups is 1. The van der Waals surface area contributed by atoms with Crippen LogP contribution in [0.1, 0.15) is 12.7 Å². The number of carbonyl (C=O) groups excluding carboxylic acids is 1. The van der Waals surface area contributed by atoms with Gasteiger partial charge in [0.2, 0.25) is 0 Å². The summed E-state index contributed by atoms with van der Waals surface area (Å²) in [6, 6.07) is 21.0. The lowest BCUT2D eigenvalue weighted by atomic mass is 10.2. The number of amidine groups is 1. The quantitative estimate of drug-likeness (QED) is 0.606. The highest BCUT2D eigenvalue weighted by molar-refractivity contribution is 8.18. The van der Waals surface area contributed by atoms with Crippen molar-refractivity contribution in [3.8, 4) is 17.1 Å². The predicted molar refractivity (Wildman–Crippen MR) is 113 cm³/mol. The van der Waals surface area contributed by atoms with Crippen molar-refractivity contribution in [1.29, 1.82) is 0 Å². The Morgan fingerprint density at radius 3 is 2.61 bits per heavy atom. The van der Waals surface area contributed by atoms with Crippen molar-refractivity contribution in [1.82, 2.24) is 5.32 Å². The second-order valence-corrected chi connectivity index (χ2v) is 7.01. The van der Waals surface area contributed by atoms with Crippen LogP contribution in [-0.4, -0.2) is 17.7 Å². The molecule has 0 unspecified atom stereocenters. The minimum Gasteiger partial charge on any atom is -0.494 e. The van der Waals surface area contributed by atoms with Crippen molar-refractivity contribution in [2.75, 3.05) is 6.61 Å². The Labute approximate surface area is 167 Å². The fraction of sp³-hybridized carbons (Fsp3) is 0.0909. The second-order valence-electron chi connectivity index (χ2n) is 5.98. The highest BCUT2D eigenvalue weighted by Gasteiger charge is 2.24. The van der Waals surface area contributed by atoms with Gasteiger partial charge in [-0.25, -0.2) is 4.99 Å². The van der Waals surface area contributed by atoms with E-state index < -0.39 is 0 Å². The summed E-state index contributed by atoms with van der Waals surface area (Å²) in [5.74, 6) is 1.99. The Balaban J connectivity index is 1.49. The van der Waals surface area contributed by atoms with Crippen molar-refractivity contribution in [2.24, 2.45) is 4.99 Å². The maximum atomic E-state index is 12.3. The molecule has 0 atom stereocenters. The first kappa shape index (κ1) is 18.1. The fourth-order valence-corrected chi connectivity index (χ4v) is 3.52. The third kappa shape index (κ3) is 4.18. The van der Waals surface area contributed by atoms with Crippen LogP contribution in [0, 0.1) is 0 Å². The third-order valence-electron chi connectivity index (χ3n) is 3.99. The molecule has 28 heavy (non-hydrogen) atoms. The maximum absolute atomic E-state index is 12.3. The number of amides is 1. The minimum atomic E-state index is -0.188. The number of nitrogens with one attached hydrogen (secondary N) is 1. The molecule has 0 saturated carbocycles. The molecule has 1 N–H and O–H groups in total. The zero-order valence-electron chi connectivity index (χ0n) is 15.2. The van der Waals surface area contributed by atoms with Crippen molar-refractivity contribution in [2.45, 2.75) is 6.92 Å². The Morgan fingerprint density at radius 1 is 1.07 bits per heavy atom. The molecule has 0 spiro atoms. The first-order valence-corrected chi connectivity index (χ1v) is 9.70. The fourth-order valence-electron chi connectivity index (χ4n) is 2.70. The molecule has 1 saturated heterocycles. The van der Waals surface area contributed by atoms with E-state index in [0.717, 1.165) is 22.8 Å².